The van der Waals surface area contributed by atoms with Gasteiger partial charge in [0, 0.05) is 17.7 Å². The third kappa shape index (κ3) is 7.50. The molecule has 1 amide bonds. The molecule has 0 fully saturated rings. The van der Waals surface area contributed by atoms with E-state index in [4.69, 9.17) is 18.9 Å². The Morgan fingerprint density at radius 2 is 1.31 bits per heavy atom. The topological polar surface area (TPSA) is 83.1 Å². The van der Waals surface area contributed by atoms with Crippen LogP contribution in [0, 0.1) is 0 Å². The van der Waals surface area contributed by atoms with Crippen molar-refractivity contribution in [3.05, 3.63) is 102 Å². The number of methoxy groups -OCH3 is 3. The Hall–Kier alpha value is -4.52. The summed E-state index contributed by atoms with van der Waals surface area (Å²) in [4.78, 5) is 25.1. The van der Waals surface area contributed by atoms with Gasteiger partial charge >= 0.3 is 5.97 Å². The fraction of sp³-hybridized carbons (Fsp3) is 0.172. The van der Waals surface area contributed by atoms with Crippen LogP contribution >= 0.6 is 0 Å². The van der Waals surface area contributed by atoms with E-state index in [9.17, 15) is 9.59 Å². The summed E-state index contributed by atoms with van der Waals surface area (Å²) in [5.74, 6) is 0.331. The number of amides is 1. The number of rotatable bonds is 11. The van der Waals surface area contributed by atoms with Gasteiger partial charge < -0.3 is 24.3 Å². The molecule has 7 heteroatoms. The van der Waals surface area contributed by atoms with Gasteiger partial charge in [-0.2, -0.15) is 0 Å². The van der Waals surface area contributed by atoms with E-state index in [0.29, 0.717) is 22.8 Å². The predicted molar refractivity (Wildman–Crippen MR) is 139 cm³/mol. The maximum atomic E-state index is 12.7. The minimum absolute atomic E-state index is 0.0293. The lowest BCUT2D eigenvalue weighted by atomic mass is 10.1. The van der Waals surface area contributed by atoms with Crippen LogP contribution in [0.5, 0.6) is 17.2 Å². The molecule has 3 rings (SSSR count). The SMILES string of the molecule is COc1cc([C@@H](CNC(=O)C=Cc2ccccc2)OC(=O)C=Cc2ccccc2)cc(OC)c1OC. The molecule has 0 saturated heterocycles. The molecule has 3 aromatic carbocycles. The van der Waals surface area contributed by atoms with Crippen LogP contribution in [-0.4, -0.2) is 39.8 Å². The highest BCUT2D eigenvalue weighted by Crippen LogP contribution is 2.40. The summed E-state index contributed by atoms with van der Waals surface area (Å²) in [6, 6.07) is 22.2. The molecule has 36 heavy (non-hydrogen) atoms. The van der Waals surface area contributed by atoms with Crippen molar-refractivity contribution < 1.29 is 28.5 Å². The number of carbonyl (C=O) groups is 2. The molecule has 0 aliphatic heterocycles. The maximum absolute atomic E-state index is 12.7. The summed E-state index contributed by atoms with van der Waals surface area (Å²) >= 11 is 0. The molecule has 0 aromatic heterocycles. The molecule has 186 valence electrons. The number of esters is 1. The first-order valence-corrected chi connectivity index (χ1v) is 11.3. The first kappa shape index (κ1) is 26.1. The molecule has 1 N–H and O–H groups in total. The molecule has 0 radical (unpaired) electrons. The predicted octanol–water partition coefficient (Wildman–Crippen LogP) is 4.84. The first-order chi connectivity index (χ1) is 17.5. The molecule has 3 aromatic rings. The van der Waals surface area contributed by atoms with Crippen molar-refractivity contribution in [3.8, 4) is 17.2 Å². The molecule has 0 unspecified atom stereocenters. The van der Waals surface area contributed by atoms with Gasteiger partial charge in [0.15, 0.2) is 11.5 Å². The van der Waals surface area contributed by atoms with Crippen LogP contribution in [-0.2, 0) is 14.3 Å². The lowest BCUT2D eigenvalue weighted by Crippen LogP contribution is -2.29. The maximum Gasteiger partial charge on any atom is 0.331 e. The van der Waals surface area contributed by atoms with Gasteiger partial charge in [0.1, 0.15) is 6.10 Å². The fourth-order valence-electron chi connectivity index (χ4n) is 3.41. The molecule has 0 aliphatic rings. The van der Waals surface area contributed by atoms with Crippen LogP contribution in [0.15, 0.2) is 84.9 Å². The molecular formula is C29H29NO6. The Labute approximate surface area is 211 Å². The van der Waals surface area contributed by atoms with Gasteiger partial charge in [0.05, 0.1) is 27.9 Å². The van der Waals surface area contributed by atoms with E-state index in [0.717, 1.165) is 11.1 Å². The highest BCUT2D eigenvalue weighted by atomic mass is 16.5. The van der Waals surface area contributed by atoms with Gasteiger partial charge in [-0.25, -0.2) is 4.79 Å². The van der Waals surface area contributed by atoms with Crippen LogP contribution in [0.4, 0.5) is 0 Å². The number of hydrogen-bond acceptors (Lipinski definition) is 6. The highest BCUT2D eigenvalue weighted by Gasteiger charge is 2.22. The number of hydrogen-bond donors (Lipinski definition) is 1. The Morgan fingerprint density at radius 3 is 1.81 bits per heavy atom. The summed E-state index contributed by atoms with van der Waals surface area (Å²) in [5, 5.41) is 2.79. The quantitative estimate of drug-likeness (QED) is 0.308. The van der Waals surface area contributed by atoms with Crippen LogP contribution in [0.2, 0.25) is 0 Å². The molecule has 7 nitrogen and oxygen atoms in total. The van der Waals surface area contributed by atoms with E-state index in [1.54, 1.807) is 24.3 Å². The Bertz CT molecular complexity index is 1180. The van der Waals surface area contributed by atoms with Crippen molar-refractivity contribution in [1.82, 2.24) is 5.32 Å². The third-order valence-electron chi connectivity index (χ3n) is 5.22. The van der Waals surface area contributed by atoms with Crippen LogP contribution in [0.3, 0.4) is 0 Å². The summed E-state index contributed by atoms with van der Waals surface area (Å²) in [7, 11) is 4.51. The van der Waals surface area contributed by atoms with Crippen LogP contribution < -0.4 is 19.5 Å². The van der Waals surface area contributed by atoms with Crippen LogP contribution in [0.1, 0.15) is 22.8 Å². The summed E-state index contributed by atoms with van der Waals surface area (Å²) < 4.78 is 22.0. The fourth-order valence-corrected chi connectivity index (χ4v) is 3.41. The van der Waals surface area contributed by atoms with Gasteiger partial charge in [-0.05, 0) is 35.4 Å². The largest absolute Gasteiger partial charge is 0.493 e. The smallest absolute Gasteiger partial charge is 0.331 e. The van der Waals surface area contributed by atoms with Crippen molar-refractivity contribution >= 4 is 24.0 Å². The van der Waals surface area contributed by atoms with Crippen molar-refractivity contribution in [1.29, 1.82) is 0 Å². The summed E-state index contributed by atoms with van der Waals surface area (Å²) in [6.45, 7) is 0.0293. The van der Waals surface area contributed by atoms with Gasteiger partial charge in [-0.1, -0.05) is 60.7 Å². The van der Waals surface area contributed by atoms with Crippen molar-refractivity contribution in [2.45, 2.75) is 6.10 Å². The third-order valence-corrected chi connectivity index (χ3v) is 5.22. The van der Waals surface area contributed by atoms with E-state index in [-0.39, 0.29) is 12.5 Å². The number of ether oxygens (including phenoxy) is 4. The lowest BCUT2D eigenvalue weighted by Gasteiger charge is -2.21. The number of carbonyl (C=O) groups excluding carboxylic acids is 2. The van der Waals surface area contributed by atoms with E-state index >= 15 is 0 Å². The van der Waals surface area contributed by atoms with E-state index in [2.05, 4.69) is 5.32 Å². The molecule has 1 atom stereocenters. The first-order valence-electron chi connectivity index (χ1n) is 11.3. The molecule has 0 spiro atoms. The highest BCUT2D eigenvalue weighted by molar-refractivity contribution is 5.91. The zero-order valence-electron chi connectivity index (χ0n) is 20.5. The second-order valence-corrected chi connectivity index (χ2v) is 7.62. The van der Waals surface area contributed by atoms with Crippen molar-refractivity contribution in [2.24, 2.45) is 0 Å². The number of nitrogens with one attached hydrogen (secondary N) is 1. The molecule has 0 bridgehead atoms. The molecule has 0 heterocycles. The van der Waals surface area contributed by atoms with Crippen molar-refractivity contribution in [3.63, 3.8) is 0 Å². The van der Waals surface area contributed by atoms with Gasteiger partial charge in [-0.15, -0.1) is 0 Å². The monoisotopic (exact) mass is 487 g/mol. The Balaban J connectivity index is 1.81. The van der Waals surface area contributed by atoms with E-state index in [1.807, 2.05) is 60.7 Å². The zero-order chi connectivity index (χ0) is 25.8. The molecule has 0 saturated carbocycles. The molecular weight excluding hydrogens is 458 g/mol. The minimum atomic E-state index is -0.819. The van der Waals surface area contributed by atoms with E-state index in [1.165, 1.54) is 33.5 Å². The number of benzene rings is 3. The zero-order valence-corrected chi connectivity index (χ0v) is 20.5. The second kappa shape index (κ2) is 13.4. The standard InChI is InChI=1S/C29H29NO6/c1-33-24-18-23(19-25(34-2)29(24)35-3)26(36-28(32)17-15-22-12-8-5-9-13-22)20-30-27(31)16-14-21-10-6-4-7-11-21/h4-19,26H,20H2,1-3H3,(H,30,31)/t26-/m1/s1. The Kier molecular flexibility index (Phi) is 9.70. The molecule has 0 aliphatic carbocycles. The average Bonchev–Trinajstić information content (AvgIpc) is 2.93. The minimum Gasteiger partial charge on any atom is -0.493 e. The Morgan fingerprint density at radius 1 is 0.778 bits per heavy atom. The normalized spacial score (nSPS) is 11.8. The van der Waals surface area contributed by atoms with Gasteiger partial charge in [0.25, 0.3) is 0 Å². The average molecular weight is 488 g/mol. The van der Waals surface area contributed by atoms with Gasteiger partial charge in [-0.3, -0.25) is 4.79 Å². The van der Waals surface area contributed by atoms with Crippen molar-refractivity contribution in [2.75, 3.05) is 27.9 Å². The summed E-state index contributed by atoms with van der Waals surface area (Å²) in [6.07, 6.45) is 5.32. The van der Waals surface area contributed by atoms with Gasteiger partial charge in [0.2, 0.25) is 11.7 Å². The lowest BCUT2D eigenvalue weighted by molar-refractivity contribution is -0.143. The van der Waals surface area contributed by atoms with E-state index < -0.39 is 12.1 Å². The summed E-state index contributed by atoms with van der Waals surface area (Å²) in [5.41, 5.74) is 2.32. The second-order valence-electron chi connectivity index (χ2n) is 7.62. The van der Waals surface area contributed by atoms with Crippen LogP contribution in [0.25, 0.3) is 12.2 Å².